The standard InChI is InChI=1S/C5H5NO.CH6N2/c7-6-4-2-1-3-5-6;2-1-3/h1-5H;1-3H2. The first-order chi connectivity index (χ1) is 4.81. The Labute approximate surface area is 59.7 Å². The summed E-state index contributed by atoms with van der Waals surface area (Å²) in [4.78, 5) is 0. The molecule has 0 aliphatic heterocycles. The van der Waals surface area contributed by atoms with Crippen LogP contribution in [0.1, 0.15) is 0 Å². The molecular formula is C6H11N3O. The number of nitrogens with two attached hydrogens (primary N) is 2. The van der Waals surface area contributed by atoms with Gasteiger partial charge in [0.2, 0.25) is 0 Å². The molecule has 0 saturated carbocycles. The van der Waals surface area contributed by atoms with Gasteiger partial charge in [-0.15, -0.1) is 0 Å². The summed E-state index contributed by atoms with van der Waals surface area (Å²) in [6.45, 7) is 0.250. The molecule has 1 aromatic heterocycles. The molecule has 0 amide bonds. The number of nitrogens with zero attached hydrogens (tertiary/aromatic N) is 1. The van der Waals surface area contributed by atoms with Crippen LogP contribution >= 0.6 is 0 Å². The molecule has 1 heterocycles. The van der Waals surface area contributed by atoms with Crippen molar-refractivity contribution in [1.29, 1.82) is 0 Å². The summed E-state index contributed by atoms with van der Waals surface area (Å²) in [6, 6.07) is 5.18. The van der Waals surface area contributed by atoms with E-state index in [9.17, 15) is 5.21 Å². The molecule has 0 atom stereocenters. The SMILES string of the molecule is NCN.[O-][n+]1ccccc1. The van der Waals surface area contributed by atoms with E-state index in [0.717, 1.165) is 4.73 Å². The highest BCUT2D eigenvalue weighted by Gasteiger charge is 1.75. The molecular weight excluding hydrogens is 130 g/mol. The van der Waals surface area contributed by atoms with Crippen LogP contribution in [-0.2, 0) is 0 Å². The van der Waals surface area contributed by atoms with Crippen molar-refractivity contribution in [3.8, 4) is 0 Å². The van der Waals surface area contributed by atoms with Crippen molar-refractivity contribution in [3.05, 3.63) is 35.8 Å². The predicted molar refractivity (Wildman–Crippen MR) is 38.6 cm³/mol. The maximum absolute atomic E-state index is 10.2. The molecule has 0 spiro atoms. The van der Waals surface area contributed by atoms with E-state index in [0.29, 0.717) is 0 Å². The van der Waals surface area contributed by atoms with Gasteiger partial charge in [-0.05, 0) is 0 Å². The number of pyridine rings is 1. The lowest BCUT2D eigenvalue weighted by Crippen LogP contribution is -2.22. The van der Waals surface area contributed by atoms with Gasteiger partial charge in [-0.25, -0.2) is 0 Å². The summed E-state index contributed by atoms with van der Waals surface area (Å²) >= 11 is 0. The average Bonchev–Trinajstić information content (AvgIpc) is 1.91. The van der Waals surface area contributed by atoms with Crippen molar-refractivity contribution < 1.29 is 4.73 Å². The highest BCUT2D eigenvalue weighted by Crippen LogP contribution is 1.72. The molecule has 1 rings (SSSR count). The Kier molecular flexibility index (Phi) is 5.32. The number of rotatable bonds is 0. The van der Waals surface area contributed by atoms with Crippen molar-refractivity contribution >= 4 is 0 Å². The van der Waals surface area contributed by atoms with Crippen molar-refractivity contribution in [1.82, 2.24) is 0 Å². The molecule has 0 aliphatic rings. The van der Waals surface area contributed by atoms with E-state index in [1.165, 1.54) is 12.4 Å². The molecule has 0 bridgehead atoms. The molecule has 0 saturated heterocycles. The molecule has 1 aromatic rings. The van der Waals surface area contributed by atoms with Crippen molar-refractivity contribution in [2.75, 3.05) is 6.67 Å². The van der Waals surface area contributed by atoms with Gasteiger partial charge >= 0.3 is 0 Å². The first-order valence-electron chi connectivity index (χ1n) is 2.85. The highest BCUT2D eigenvalue weighted by atomic mass is 16.5. The van der Waals surface area contributed by atoms with Crippen LogP contribution in [0.2, 0.25) is 0 Å². The van der Waals surface area contributed by atoms with Crippen LogP contribution in [0.15, 0.2) is 30.6 Å². The summed E-state index contributed by atoms with van der Waals surface area (Å²) in [5, 5.41) is 10.2. The van der Waals surface area contributed by atoms with E-state index in [2.05, 4.69) is 11.5 Å². The van der Waals surface area contributed by atoms with Crippen LogP contribution in [0.5, 0.6) is 0 Å². The van der Waals surface area contributed by atoms with E-state index in [4.69, 9.17) is 0 Å². The minimum absolute atomic E-state index is 0.250. The second-order valence-corrected chi connectivity index (χ2v) is 1.47. The minimum Gasteiger partial charge on any atom is -0.619 e. The van der Waals surface area contributed by atoms with Gasteiger partial charge in [0.25, 0.3) is 0 Å². The molecule has 4 heteroatoms. The summed E-state index contributed by atoms with van der Waals surface area (Å²) in [5.74, 6) is 0. The topological polar surface area (TPSA) is 79.0 Å². The Balaban J connectivity index is 0.000000236. The zero-order chi connectivity index (χ0) is 7.82. The van der Waals surface area contributed by atoms with Gasteiger partial charge in [-0.1, -0.05) is 6.07 Å². The molecule has 4 N–H and O–H groups in total. The Bertz CT molecular complexity index is 154. The lowest BCUT2D eigenvalue weighted by atomic mass is 10.5. The summed E-state index contributed by atoms with van der Waals surface area (Å²) in [6.07, 6.45) is 2.89. The van der Waals surface area contributed by atoms with Crippen LogP contribution < -0.4 is 16.2 Å². The lowest BCUT2D eigenvalue weighted by Gasteiger charge is -1.88. The van der Waals surface area contributed by atoms with E-state index in [-0.39, 0.29) is 6.67 Å². The summed E-state index contributed by atoms with van der Waals surface area (Å²) < 4.78 is 0.750. The van der Waals surface area contributed by atoms with Crippen molar-refractivity contribution in [3.63, 3.8) is 0 Å². The van der Waals surface area contributed by atoms with E-state index in [1.807, 2.05) is 0 Å². The second-order valence-electron chi connectivity index (χ2n) is 1.47. The molecule has 0 unspecified atom stereocenters. The Morgan fingerprint density at radius 2 is 1.50 bits per heavy atom. The summed E-state index contributed by atoms with van der Waals surface area (Å²) in [5.41, 5.74) is 9.25. The number of hydrogen-bond acceptors (Lipinski definition) is 3. The molecule has 0 aliphatic carbocycles. The average molecular weight is 141 g/mol. The number of aromatic nitrogens is 1. The fraction of sp³-hybridized carbons (Fsp3) is 0.167. The minimum atomic E-state index is 0.250. The zero-order valence-electron chi connectivity index (χ0n) is 5.60. The predicted octanol–water partition coefficient (Wildman–Crippen LogP) is -0.819. The second kappa shape index (κ2) is 6.00. The zero-order valence-corrected chi connectivity index (χ0v) is 5.60. The van der Waals surface area contributed by atoms with Gasteiger partial charge < -0.3 is 16.7 Å². The lowest BCUT2D eigenvalue weighted by molar-refractivity contribution is -0.605. The van der Waals surface area contributed by atoms with Gasteiger partial charge in [-0.2, -0.15) is 4.73 Å². The Hall–Kier alpha value is -1.13. The quantitative estimate of drug-likeness (QED) is 0.281. The van der Waals surface area contributed by atoms with Crippen LogP contribution in [0.25, 0.3) is 0 Å². The maximum Gasteiger partial charge on any atom is 0.180 e. The third kappa shape index (κ3) is 5.02. The van der Waals surface area contributed by atoms with Crippen molar-refractivity contribution in [2.45, 2.75) is 0 Å². The fourth-order valence-electron chi connectivity index (χ4n) is 0.383. The Morgan fingerprint density at radius 1 is 1.10 bits per heavy atom. The van der Waals surface area contributed by atoms with Crippen molar-refractivity contribution in [2.24, 2.45) is 11.5 Å². The first-order valence-corrected chi connectivity index (χ1v) is 2.85. The highest BCUT2D eigenvalue weighted by molar-refractivity contribution is 4.83. The molecule has 4 nitrogen and oxygen atoms in total. The molecule has 0 radical (unpaired) electrons. The number of hydrogen-bond donors (Lipinski definition) is 2. The van der Waals surface area contributed by atoms with Crippen LogP contribution in [0, 0.1) is 5.21 Å². The summed E-state index contributed by atoms with van der Waals surface area (Å²) in [7, 11) is 0. The largest absolute Gasteiger partial charge is 0.619 e. The van der Waals surface area contributed by atoms with E-state index >= 15 is 0 Å². The van der Waals surface area contributed by atoms with Crippen LogP contribution in [0.4, 0.5) is 0 Å². The van der Waals surface area contributed by atoms with E-state index < -0.39 is 0 Å². The maximum atomic E-state index is 10.2. The molecule has 56 valence electrons. The molecule has 0 aromatic carbocycles. The van der Waals surface area contributed by atoms with Crippen LogP contribution in [0.3, 0.4) is 0 Å². The van der Waals surface area contributed by atoms with Gasteiger partial charge in [0.05, 0.1) is 0 Å². The molecule has 0 fully saturated rings. The van der Waals surface area contributed by atoms with Gasteiger partial charge in [0.1, 0.15) is 0 Å². The van der Waals surface area contributed by atoms with Gasteiger partial charge in [-0.3, -0.25) is 0 Å². The smallest absolute Gasteiger partial charge is 0.180 e. The first kappa shape index (κ1) is 8.87. The fourth-order valence-corrected chi connectivity index (χ4v) is 0.383. The van der Waals surface area contributed by atoms with Gasteiger partial charge in [0, 0.05) is 18.8 Å². The molecule has 10 heavy (non-hydrogen) atoms. The third-order valence-corrected chi connectivity index (χ3v) is 0.688. The Morgan fingerprint density at radius 3 is 1.70 bits per heavy atom. The van der Waals surface area contributed by atoms with Gasteiger partial charge in [0.15, 0.2) is 12.4 Å². The monoisotopic (exact) mass is 141 g/mol. The van der Waals surface area contributed by atoms with E-state index in [1.54, 1.807) is 18.2 Å². The third-order valence-electron chi connectivity index (χ3n) is 0.688. The normalized spacial score (nSPS) is 7.80. The van der Waals surface area contributed by atoms with Crippen LogP contribution in [-0.4, -0.2) is 6.67 Å².